The minimum absolute atomic E-state index is 0.0369. The Bertz CT molecular complexity index is 225. The van der Waals surface area contributed by atoms with Crippen LogP contribution in [-0.2, 0) is 14.3 Å². The number of rotatable bonds is 4. The van der Waals surface area contributed by atoms with Crippen LogP contribution in [0.4, 0.5) is 13.2 Å². The van der Waals surface area contributed by atoms with Gasteiger partial charge in [-0.25, -0.2) is 4.79 Å². The van der Waals surface area contributed by atoms with Crippen LogP contribution >= 0.6 is 15.9 Å². The van der Waals surface area contributed by atoms with Crippen molar-refractivity contribution in [1.29, 1.82) is 0 Å². The predicted octanol–water partition coefficient (Wildman–Crippen LogP) is 2.18. The molecule has 0 N–H and O–H groups in total. The maximum Gasteiger partial charge on any atom is 0.575 e. The molecule has 0 radical (unpaired) electrons. The van der Waals surface area contributed by atoms with Crippen LogP contribution in [0.2, 0.25) is 0 Å². The molecule has 14 heavy (non-hydrogen) atoms. The molecular formula is C7H8BrF3O3. The number of hydrogen-bond acceptors (Lipinski definition) is 3. The third kappa shape index (κ3) is 6.88. The van der Waals surface area contributed by atoms with E-state index in [9.17, 15) is 22.8 Å². The molecule has 0 saturated heterocycles. The van der Waals surface area contributed by atoms with E-state index in [2.05, 4.69) is 20.7 Å². The smallest absolute Gasteiger partial charge is 0.367 e. The molecule has 0 aromatic carbocycles. The van der Waals surface area contributed by atoms with Crippen molar-refractivity contribution in [3.05, 3.63) is 0 Å². The topological polar surface area (TPSA) is 43.4 Å². The number of Topliss-reactive ketones (excluding diaryl/α,β-unsaturated/α-hetero) is 1. The molecule has 0 amide bonds. The summed E-state index contributed by atoms with van der Waals surface area (Å²) in [5.41, 5.74) is 0. The van der Waals surface area contributed by atoms with E-state index >= 15 is 0 Å². The van der Waals surface area contributed by atoms with Crippen LogP contribution in [-0.4, -0.2) is 22.9 Å². The second-order valence-corrected chi connectivity index (χ2v) is 4.14. The van der Waals surface area contributed by atoms with Crippen molar-refractivity contribution in [2.45, 2.75) is 31.0 Å². The van der Waals surface area contributed by atoms with Crippen LogP contribution in [0, 0.1) is 0 Å². The summed E-state index contributed by atoms with van der Waals surface area (Å²) >= 11 is 3.09. The zero-order chi connectivity index (χ0) is 11.4. The fourth-order valence-electron chi connectivity index (χ4n) is 0.594. The lowest BCUT2D eigenvalue weighted by molar-refractivity contribution is -0.303. The molecule has 82 valence electrons. The Morgan fingerprint density at radius 2 is 1.93 bits per heavy atom. The first kappa shape index (κ1) is 13.4. The van der Waals surface area contributed by atoms with Crippen LogP contribution in [0.1, 0.15) is 19.8 Å². The van der Waals surface area contributed by atoms with E-state index in [1.807, 2.05) is 0 Å². The Hall–Kier alpha value is -0.590. The molecule has 0 fully saturated rings. The molecule has 0 aliphatic heterocycles. The summed E-state index contributed by atoms with van der Waals surface area (Å²) in [6, 6.07) is 0. The number of halogens is 4. The van der Waals surface area contributed by atoms with E-state index in [4.69, 9.17) is 0 Å². The second-order valence-electron chi connectivity index (χ2n) is 2.58. The Kier molecular flexibility index (Phi) is 5.11. The molecule has 0 heterocycles. The minimum atomic E-state index is -5.09. The largest absolute Gasteiger partial charge is 0.575 e. The van der Waals surface area contributed by atoms with E-state index < -0.39 is 18.1 Å². The lowest BCUT2D eigenvalue weighted by Gasteiger charge is -2.06. The lowest BCUT2D eigenvalue weighted by Crippen LogP contribution is -2.26. The van der Waals surface area contributed by atoms with Crippen LogP contribution in [0.3, 0.4) is 0 Å². The molecule has 0 aliphatic rings. The molecule has 1 atom stereocenters. The predicted molar refractivity (Wildman–Crippen MR) is 44.8 cm³/mol. The van der Waals surface area contributed by atoms with Crippen molar-refractivity contribution in [2.75, 3.05) is 0 Å². The summed E-state index contributed by atoms with van der Waals surface area (Å²) in [7, 11) is 0. The van der Waals surface area contributed by atoms with Crippen molar-refractivity contribution in [3.63, 3.8) is 0 Å². The van der Waals surface area contributed by atoms with Crippen LogP contribution in [0.15, 0.2) is 0 Å². The van der Waals surface area contributed by atoms with Crippen LogP contribution in [0.25, 0.3) is 0 Å². The fraction of sp³-hybridized carbons (Fsp3) is 0.714. The van der Waals surface area contributed by atoms with Gasteiger partial charge in [0.05, 0.1) is 0 Å². The average Bonchev–Trinajstić information content (AvgIpc) is 1.96. The zero-order valence-corrected chi connectivity index (χ0v) is 8.81. The molecule has 1 unspecified atom stereocenters. The molecule has 7 heteroatoms. The van der Waals surface area contributed by atoms with Crippen molar-refractivity contribution in [3.8, 4) is 0 Å². The van der Waals surface area contributed by atoms with Crippen LogP contribution < -0.4 is 0 Å². The maximum absolute atomic E-state index is 11.5. The van der Waals surface area contributed by atoms with Gasteiger partial charge in [0.2, 0.25) is 5.78 Å². The van der Waals surface area contributed by atoms with Crippen molar-refractivity contribution >= 4 is 27.7 Å². The molecule has 0 saturated carbocycles. The summed E-state index contributed by atoms with van der Waals surface area (Å²) in [6.45, 7) is 1.71. The van der Waals surface area contributed by atoms with Gasteiger partial charge in [0.15, 0.2) is 0 Å². The molecule has 0 bridgehead atoms. The third-order valence-electron chi connectivity index (χ3n) is 1.21. The van der Waals surface area contributed by atoms with Gasteiger partial charge in [0.25, 0.3) is 0 Å². The molecule has 0 aromatic rings. The lowest BCUT2D eigenvalue weighted by atomic mass is 10.2. The quantitative estimate of drug-likeness (QED) is 0.449. The number of ketones is 1. The number of carbonyl (C=O) groups is 2. The summed E-state index contributed by atoms with van der Waals surface area (Å²) in [4.78, 5) is 21.2. The van der Waals surface area contributed by atoms with Gasteiger partial charge in [0.1, 0.15) is 0 Å². The Morgan fingerprint density at radius 3 is 2.29 bits per heavy atom. The summed E-state index contributed by atoms with van der Waals surface area (Å²) in [5, 5.41) is 0. The van der Waals surface area contributed by atoms with Crippen molar-refractivity contribution < 1.29 is 27.5 Å². The molecule has 3 nitrogen and oxygen atoms in total. The van der Waals surface area contributed by atoms with Gasteiger partial charge in [-0.3, -0.25) is 4.79 Å². The average molecular weight is 277 g/mol. The summed E-state index contributed by atoms with van der Waals surface area (Å²) in [5.74, 6) is -3.03. The van der Waals surface area contributed by atoms with Gasteiger partial charge < -0.3 is 4.74 Å². The number of carbonyl (C=O) groups excluding carboxylic acids is 2. The highest BCUT2D eigenvalue weighted by atomic mass is 79.9. The molecule has 0 spiro atoms. The van der Waals surface area contributed by atoms with Crippen molar-refractivity contribution in [2.24, 2.45) is 0 Å². The SMILES string of the molecule is CC(Br)CCC(=O)C(=O)OC(F)(F)F. The molecule has 0 rings (SSSR count). The van der Waals surface area contributed by atoms with Gasteiger partial charge in [-0.2, -0.15) is 0 Å². The standard InChI is InChI=1S/C7H8BrF3O3/c1-4(8)2-3-5(12)6(13)14-7(9,10)11/h4H,2-3H2,1H3. The highest BCUT2D eigenvalue weighted by molar-refractivity contribution is 9.09. The number of esters is 1. The molecule has 0 aliphatic carbocycles. The normalized spacial score (nSPS) is 13.5. The summed E-state index contributed by atoms with van der Waals surface area (Å²) in [6.07, 6.45) is -5.07. The molecular weight excluding hydrogens is 269 g/mol. The van der Waals surface area contributed by atoms with E-state index in [1.165, 1.54) is 0 Å². The first-order chi connectivity index (χ1) is 6.22. The summed E-state index contributed by atoms with van der Waals surface area (Å²) < 4.78 is 37.3. The highest BCUT2D eigenvalue weighted by Crippen LogP contribution is 2.17. The Morgan fingerprint density at radius 1 is 1.43 bits per heavy atom. The monoisotopic (exact) mass is 276 g/mol. The zero-order valence-electron chi connectivity index (χ0n) is 7.23. The van der Waals surface area contributed by atoms with Crippen molar-refractivity contribution in [1.82, 2.24) is 0 Å². The third-order valence-corrected chi connectivity index (χ3v) is 1.66. The van der Waals surface area contributed by atoms with E-state index in [1.54, 1.807) is 6.92 Å². The van der Waals surface area contributed by atoms with E-state index in [-0.39, 0.29) is 17.7 Å². The van der Waals surface area contributed by atoms with Gasteiger partial charge in [0, 0.05) is 11.2 Å². The molecule has 0 aromatic heterocycles. The van der Waals surface area contributed by atoms with Gasteiger partial charge in [-0.05, 0) is 6.42 Å². The Balaban J connectivity index is 3.95. The second kappa shape index (κ2) is 5.33. The van der Waals surface area contributed by atoms with Crippen LogP contribution in [0.5, 0.6) is 0 Å². The first-order valence-corrected chi connectivity index (χ1v) is 4.61. The number of hydrogen-bond donors (Lipinski definition) is 0. The Labute approximate surface area is 86.7 Å². The highest BCUT2D eigenvalue weighted by Gasteiger charge is 2.36. The van der Waals surface area contributed by atoms with E-state index in [0.29, 0.717) is 0 Å². The first-order valence-electron chi connectivity index (χ1n) is 3.69. The van der Waals surface area contributed by atoms with Gasteiger partial charge in [-0.15, -0.1) is 13.2 Å². The number of alkyl halides is 4. The fourth-order valence-corrected chi connectivity index (χ4v) is 0.823. The van der Waals surface area contributed by atoms with Gasteiger partial charge in [-0.1, -0.05) is 22.9 Å². The van der Waals surface area contributed by atoms with E-state index in [0.717, 1.165) is 0 Å². The maximum atomic E-state index is 11.5. The number of ether oxygens (including phenoxy) is 1. The minimum Gasteiger partial charge on any atom is -0.367 e. The van der Waals surface area contributed by atoms with Gasteiger partial charge >= 0.3 is 12.3 Å².